The maximum atomic E-state index is 11.9. The Hall–Kier alpha value is -1.31. The topological polar surface area (TPSA) is 72.8 Å². The van der Waals surface area contributed by atoms with Crippen molar-refractivity contribution >= 4 is 11.9 Å². The minimum atomic E-state index is -5.06. The SMILES string of the molecule is COC(=O)COC(C(=O)O)C(F)(F)F. The molecule has 0 aromatic heterocycles. The third kappa shape index (κ3) is 4.08. The average molecular weight is 216 g/mol. The molecule has 0 aromatic carbocycles. The zero-order chi connectivity index (χ0) is 11.4. The molecule has 1 N–H and O–H groups in total. The van der Waals surface area contributed by atoms with E-state index in [9.17, 15) is 22.8 Å². The number of carboxylic acid groups (broad SMARTS) is 1. The molecule has 0 rings (SSSR count). The summed E-state index contributed by atoms with van der Waals surface area (Å²) in [5.74, 6) is -3.29. The van der Waals surface area contributed by atoms with Crippen molar-refractivity contribution in [1.82, 2.24) is 0 Å². The van der Waals surface area contributed by atoms with Crippen molar-refractivity contribution in [3.63, 3.8) is 0 Å². The van der Waals surface area contributed by atoms with E-state index in [0.717, 1.165) is 7.11 Å². The van der Waals surface area contributed by atoms with Crippen molar-refractivity contribution in [3.05, 3.63) is 0 Å². The number of rotatable bonds is 4. The molecule has 0 aliphatic carbocycles. The highest BCUT2D eigenvalue weighted by atomic mass is 19.4. The van der Waals surface area contributed by atoms with Gasteiger partial charge in [0.05, 0.1) is 7.11 Å². The second-order valence-electron chi connectivity index (χ2n) is 2.15. The van der Waals surface area contributed by atoms with Gasteiger partial charge in [0, 0.05) is 0 Å². The van der Waals surface area contributed by atoms with Crippen LogP contribution in [0.25, 0.3) is 0 Å². The maximum Gasteiger partial charge on any atom is 0.425 e. The Labute approximate surface area is 76.4 Å². The number of methoxy groups -OCH3 is 1. The largest absolute Gasteiger partial charge is 0.479 e. The summed E-state index contributed by atoms with van der Waals surface area (Å²) in [6, 6.07) is 0. The van der Waals surface area contributed by atoms with Gasteiger partial charge in [-0.15, -0.1) is 0 Å². The lowest BCUT2D eigenvalue weighted by molar-refractivity contribution is -0.227. The smallest absolute Gasteiger partial charge is 0.425 e. The number of ether oxygens (including phenoxy) is 2. The standard InChI is InChI=1S/C6H7F3O5/c1-13-3(10)2-14-4(5(11)12)6(7,8)9/h4H,2H2,1H3,(H,11,12). The molecule has 82 valence electrons. The van der Waals surface area contributed by atoms with Crippen molar-refractivity contribution in [3.8, 4) is 0 Å². The van der Waals surface area contributed by atoms with Crippen LogP contribution in [0.5, 0.6) is 0 Å². The van der Waals surface area contributed by atoms with Crippen LogP contribution >= 0.6 is 0 Å². The number of hydrogen-bond acceptors (Lipinski definition) is 4. The molecule has 0 saturated carbocycles. The van der Waals surface area contributed by atoms with Crippen molar-refractivity contribution in [1.29, 1.82) is 0 Å². The zero-order valence-electron chi connectivity index (χ0n) is 7.00. The Balaban J connectivity index is 4.26. The molecular formula is C6H7F3O5. The first-order valence-electron chi connectivity index (χ1n) is 3.27. The molecular weight excluding hydrogens is 209 g/mol. The molecule has 0 heterocycles. The fourth-order valence-corrected chi connectivity index (χ4v) is 0.516. The number of hydrogen-bond donors (Lipinski definition) is 1. The first kappa shape index (κ1) is 12.7. The Morgan fingerprint density at radius 2 is 1.93 bits per heavy atom. The van der Waals surface area contributed by atoms with E-state index in [4.69, 9.17) is 5.11 Å². The second kappa shape index (κ2) is 4.80. The summed E-state index contributed by atoms with van der Waals surface area (Å²) in [4.78, 5) is 20.4. The lowest BCUT2D eigenvalue weighted by atomic mass is 10.3. The zero-order valence-corrected chi connectivity index (χ0v) is 7.00. The Morgan fingerprint density at radius 3 is 2.21 bits per heavy atom. The van der Waals surface area contributed by atoms with Gasteiger partial charge < -0.3 is 14.6 Å². The van der Waals surface area contributed by atoms with Crippen LogP contribution in [0.3, 0.4) is 0 Å². The highest BCUT2D eigenvalue weighted by Crippen LogP contribution is 2.22. The van der Waals surface area contributed by atoms with E-state index in [2.05, 4.69) is 9.47 Å². The van der Waals surface area contributed by atoms with E-state index >= 15 is 0 Å². The van der Waals surface area contributed by atoms with Gasteiger partial charge in [-0.1, -0.05) is 0 Å². The average Bonchev–Trinajstić information content (AvgIpc) is 2.01. The normalized spacial score (nSPS) is 13.4. The van der Waals surface area contributed by atoms with Crippen molar-refractivity contribution in [2.75, 3.05) is 13.7 Å². The predicted molar refractivity (Wildman–Crippen MR) is 35.4 cm³/mol. The molecule has 1 atom stereocenters. The number of carboxylic acids is 1. The minimum Gasteiger partial charge on any atom is -0.479 e. The van der Waals surface area contributed by atoms with Crippen molar-refractivity contribution in [2.45, 2.75) is 12.3 Å². The summed E-state index contributed by atoms with van der Waals surface area (Å²) < 4.78 is 43.4. The third-order valence-corrected chi connectivity index (χ3v) is 1.12. The fraction of sp³-hybridized carbons (Fsp3) is 0.667. The molecule has 0 amide bonds. The van der Waals surface area contributed by atoms with Crippen LogP contribution in [0.15, 0.2) is 0 Å². The molecule has 5 nitrogen and oxygen atoms in total. The van der Waals surface area contributed by atoms with Crippen molar-refractivity contribution in [2.24, 2.45) is 0 Å². The van der Waals surface area contributed by atoms with Gasteiger partial charge in [-0.3, -0.25) is 0 Å². The highest BCUT2D eigenvalue weighted by Gasteiger charge is 2.46. The summed E-state index contributed by atoms with van der Waals surface area (Å²) in [5.41, 5.74) is 0. The van der Waals surface area contributed by atoms with Gasteiger partial charge in [0.25, 0.3) is 6.10 Å². The van der Waals surface area contributed by atoms with Crippen LogP contribution in [0, 0.1) is 0 Å². The Kier molecular flexibility index (Phi) is 4.35. The molecule has 1 unspecified atom stereocenters. The summed E-state index contributed by atoms with van der Waals surface area (Å²) in [7, 11) is 0.940. The van der Waals surface area contributed by atoms with Crippen LogP contribution in [0.2, 0.25) is 0 Å². The predicted octanol–water partition coefficient (Wildman–Crippen LogP) is 0.191. The molecule has 0 aromatic rings. The number of esters is 1. The first-order valence-corrected chi connectivity index (χ1v) is 3.27. The van der Waals surface area contributed by atoms with Gasteiger partial charge in [0.1, 0.15) is 6.61 Å². The lowest BCUT2D eigenvalue weighted by Crippen LogP contribution is -2.40. The van der Waals surface area contributed by atoms with Gasteiger partial charge in [-0.05, 0) is 0 Å². The van der Waals surface area contributed by atoms with Crippen LogP contribution in [-0.4, -0.2) is 43.0 Å². The van der Waals surface area contributed by atoms with Crippen LogP contribution in [0.4, 0.5) is 13.2 Å². The van der Waals surface area contributed by atoms with Gasteiger partial charge in [-0.2, -0.15) is 13.2 Å². The molecule has 0 radical (unpaired) electrons. The van der Waals surface area contributed by atoms with E-state index in [0.29, 0.717) is 0 Å². The highest BCUT2D eigenvalue weighted by molar-refractivity contribution is 5.75. The molecule has 0 bridgehead atoms. The Morgan fingerprint density at radius 1 is 1.43 bits per heavy atom. The number of carbonyl (C=O) groups is 2. The van der Waals surface area contributed by atoms with E-state index in [1.165, 1.54) is 0 Å². The molecule has 0 aliphatic rings. The first-order chi connectivity index (χ1) is 6.29. The number of carbonyl (C=O) groups excluding carboxylic acids is 1. The quantitative estimate of drug-likeness (QED) is 0.679. The Bertz CT molecular complexity index is 224. The van der Waals surface area contributed by atoms with Crippen molar-refractivity contribution < 1.29 is 37.3 Å². The number of aliphatic carboxylic acids is 1. The molecule has 14 heavy (non-hydrogen) atoms. The molecule has 8 heteroatoms. The number of alkyl halides is 3. The van der Waals surface area contributed by atoms with Gasteiger partial charge >= 0.3 is 18.1 Å². The monoisotopic (exact) mass is 216 g/mol. The summed E-state index contributed by atoms with van der Waals surface area (Å²) in [5, 5.41) is 8.10. The lowest BCUT2D eigenvalue weighted by Gasteiger charge is -2.15. The third-order valence-electron chi connectivity index (χ3n) is 1.12. The summed E-state index contributed by atoms with van der Waals surface area (Å²) in [6.45, 7) is -1.06. The van der Waals surface area contributed by atoms with Gasteiger partial charge in [-0.25, -0.2) is 9.59 Å². The van der Waals surface area contributed by atoms with Crippen LogP contribution in [-0.2, 0) is 19.1 Å². The summed E-state index contributed by atoms with van der Waals surface area (Å²) >= 11 is 0. The van der Waals surface area contributed by atoms with E-state index in [1.54, 1.807) is 0 Å². The fourth-order valence-electron chi connectivity index (χ4n) is 0.516. The number of halogens is 3. The minimum absolute atomic E-state index is 0.940. The summed E-state index contributed by atoms with van der Waals surface area (Å²) in [6.07, 6.45) is -8.07. The molecule has 0 saturated heterocycles. The maximum absolute atomic E-state index is 11.9. The van der Waals surface area contributed by atoms with E-state index in [-0.39, 0.29) is 0 Å². The van der Waals surface area contributed by atoms with Crippen LogP contribution in [0.1, 0.15) is 0 Å². The van der Waals surface area contributed by atoms with E-state index in [1.807, 2.05) is 0 Å². The molecule has 0 fully saturated rings. The van der Waals surface area contributed by atoms with Gasteiger partial charge in [0.15, 0.2) is 0 Å². The van der Waals surface area contributed by atoms with Crippen LogP contribution < -0.4 is 0 Å². The van der Waals surface area contributed by atoms with E-state index < -0.39 is 30.8 Å². The second-order valence-corrected chi connectivity index (χ2v) is 2.15. The molecule has 0 spiro atoms. The molecule has 0 aliphatic heterocycles. The van der Waals surface area contributed by atoms with Gasteiger partial charge in [0.2, 0.25) is 0 Å².